The summed E-state index contributed by atoms with van der Waals surface area (Å²) in [4.78, 5) is 25.7. The van der Waals surface area contributed by atoms with Gasteiger partial charge in [-0.15, -0.1) is 0 Å². The molecule has 6 heteroatoms. The fraction of sp³-hybridized carbons (Fsp3) is 0.467. The zero-order valence-electron chi connectivity index (χ0n) is 12.6. The largest absolute Gasteiger partial charge is 0.315 e. The molecule has 0 unspecified atom stereocenters. The van der Waals surface area contributed by atoms with E-state index in [0.29, 0.717) is 18.4 Å². The van der Waals surface area contributed by atoms with Crippen LogP contribution < -0.4 is 4.90 Å². The Bertz CT molecular complexity index is 719. The van der Waals surface area contributed by atoms with Crippen molar-refractivity contribution in [2.45, 2.75) is 31.4 Å². The maximum Gasteiger partial charge on any atom is 0.227 e. The number of rotatable bonds is 3. The van der Waals surface area contributed by atoms with E-state index in [1.165, 1.54) is 13.8 Å². The van der Waals surface area contributed by atoms with Gasteiger partial charge in [0.25, 0.3) is 0 Å². The molecule has 0 saturated heterocycles. The van der Waals surface area contributed by atoms with Crippen LogP contribution in [0.25, 0.3) is 0 Å². The second-order valence-corrected chi connectivity index (χ2v) is 8.47. The van der Waals surface area contributed by atoms with E-state index in [-0.39, 0.29) is 5.91 Å². The molecular formula is C15H19NO4S. The lowest BCUT2D eigenvalue weighted by Crippen LogP contribution is -2.40. The standard InChI is InChI=1S/C15H19NO4S/c1-15(2,21(4,19)20)14(18)11-5-7-12-10(9-11)6-8-13(17)16(12)3/h5,7,9H,6,8H2,1-4H3. The number of anilines is 1. The molecule has 1 aliphatic heterocycles. The molecule has 0 radical (unpaired) electrons. The summed E-state index contributed by atoms with van der Waals surface area (Å²) >= 11 is 0. The highest BCUT2D eigenvalue weighted by atomic mass is 32.2. The molecule has 0 bridgehead atoms. The van der Waals surface area contributed by atoms with Crippen LogP contribution in [-0.2, 0) is 21.1 Å². The van der Waals surface area contributed by atoms with Gasteiger partial charge in [-0.05, 0) is 44.0 Å². The maximum absolute atomic E-state index is 12.5. The third-order valence-electron chi connectivity index (χ3n) is 4.16. The van der Waals surface area contributed by atoms with E-state index in [0.717, 1.165) is 17.5 Å². The van der Waals surface area contributed by atoms with Crippen LogP contribution in [-0.4, -0.2) is 38.2 Å². The van der Waals surface area contributed by atoms with Gasteiger partial charge in [-0.25, -0.2) is 8.42 Å². The smallest absolute Gasteiger partial charge is 0.227 e. The lowest BCUT2D eigenvalue weighted by Gasteiger charge is -2.27. The van der Waals surface area contributed by atoms with Crippen molar-refractivity contribution in [1.82, 2.24) is 0 Å². The first-order chi connectivity index (χ1) is 9.55. The van der Waals surface area contributed by atoms with Gasteiger partial charge >= 0.3 is 0 Å². The molecule has 0 atom stereocenters. The number of fused-ring (bicyclic) bond motifs is 1. The molecule has 1 aromatic carbocycles. The molecule has 5 nitrogen and oxygen atoms in total. The van der Waals surface area contributed by atoms with E-state index in [1.54, 1.807) is 30.1 Å². The predicted molar refractivity (Wildman–Crippen MR) is 81.4 cm³/mol. The lowest BCUT2D eigenvalue weighted by atomic mass is 9.94. The molecule has 1 aliphatic rings. The molecule has 1 amide bonds. The summed E-state index contributed by atoms with van der Waals surface area (Å²) in [5, 5.41) is 0. The quantitative estimate of drug-likeness (QED) is 0.795. The number of Topliss-reactive ketones (excluding diaryl/α,β-unsaturated/α-hetero) is 1. The topological polar surface area (TPSA) is 71.5 Å². The number of sulfone groups is 1. The van der Waals surface area contributed by atoms with Crippen molar-refractivity contribution in [2.24, 2.45) is 0 Å². The highest BCUT2D eigenvalue weighted by Gasteiger charge is 2.39. The average molecular weight is 309 g/mol. The van der Waals surface area contributed by atoms with Crippen molar-refractivity contribution in [3.63, 3.8) is 0 Å². The Hall–Kier alpha value is -1.69. The first kappa shape index (κ1) is 15.7. The highest BCUT2D eigenvalue weighted by molar-refractivity contribution is 7.92. The maximum atomic E-state index is 12.5. The fourth-order valence-electron chi connectivity index (χ4n) is 2.31. The van der Waals surface area contributed by atoms with Crippen molar-refractivity contribution in [1.29, 1.82) is 0 Å². The summed E-state index contributed by atoms with van der Waals surface area (Å²) in [6.45, 7) is 2.83. The van der Waals surface area contributed by atoms with Crippen LogP contribution in [0.2, 0.25) is 0 Å². The monoisotopic (exact) mass is 309 g/mol. The number of hydrogen-bond donors (Lipinski definition) is 0. The first-order valence-corrected chi connectivity index (χ1v) is 8.58. The summed E-state index contributed by atoms with van der Waals surface area (Å²) < 4.78 is 22.1. The van der Waals surface area contributed by atoms with Crippen LogP contribution in [0.5, 0.6) is 0 Å². The Morgan fingerprint density at radius 2 is 1.86 bits per heavy atom. The van der Waals surface area contributed by atoms with Gasteiger partial charge in [0.1, 0.15) is 4.75 Å². The molecule has 0 aromatic heterocycles. The molecule has 1 heterocycles. The highest BCUT2D eigenvalue weighted by Crippen LogP contribution is 2.30. The number of nitrogens with zero attached hydrogens (tertiary/aromatic N) is 1. The Morgan fingerprint density at radius 1 is 1.24 bits per heavy atom. The van der Waals surface area contributed by atoms with Crippen LogP contribution in [0.4, 0.5) is 5.69 Å². The Kier molecular flexibility index (Phi) is 3.70. The van der Waals surface area contributed by atoms with Gasteiger partial charge in [0.05, 0.1) is 0 Å². The average Bonchev–Trinajstić information content (AvgIpc) is 2.40. The number of amides is 1. The fourth-order valence-corrected chi connectivity index (χ4v) is 2.77. The normalized spacial score (nSPS) is 15.8. The van der Waals surface area contributed by atoms with Crippen molar-refractivity contribution < 1.29 is 18.0 Å². The zero-order valence-corrected chi connectivity index (χ0v) is 13.5. The zero-order chi connectivity index (χ0) is 16.0. The molecule has 0 N–H and O–H groups in total. The SMILES string of the molecule is CN1C(=O)CCc2cc(C(=O)C(C)(C)S(C)(=O)=O)ccc21. The molecule has 21 heavy (non-hydrogen) atoms. The Morgan fingerprint density at radius 3 is 2.43 bits per heavy atom. The third-order valence-corrected chi connectivity index (χ3v) is 6.20. The molecule has 114 valence electrons. The second kappa shape index (κ2) is 4.94. The van der Waals surface area contributed by atoms with E-state index in [1.807, 2.05) is 0 Å². The molecule has 1 aromatic rings. The summed E-state index contributed by atoms with van der Waals surface area (Å²) in [6, 6.07) is 4.99. The van der Waals surface area contributed by atoms with Gasteiger partial charge in [-0.1, -0.05) is 0 Å². The molecule has 0 saturated carbocycles. The summed E-state index contributed by atoms with van der Waals surface area (Å²) in [7, 11) is -1.81. The van der Waals surface area contributed by atoms with Crippen molar-refractivity contribution in [2.75, 3.05) is 18.2 Å². The number of ketones is 1. The van der Waals surface area contributed by atoms with Crippen LogP contribution >= 0.6 is 0 Å². The van der Waals surface area contributed by atoms with Gasteiger partial charge in [0.2, 0.25) is 5.91 Å². The minimum absolute atomic E-state index is 0.0399. The van der Waals surface area contributed by atoms with Crippen molar-refractivity contribution >= 4 is 27.2 Å². The van der Waals surface area contributed by atoms with E-state index >= 15 is 0 Å². The van der Waals surface area contributed by atoms with Crippen LogP contribution in [0.1, 0.15) is 36.2 Å². The number of carbonyl (C=O) groups excluding carboxylic acids is 2. The van der Waals surface area contributed by atoms with Gasteiger partial charge < -0.3 is 4.90 Å². The number of aryl methyl sites for hydroxylation is 1. The Balaban J connectivity index is 2.45. The van der Waals surface area contributed by atoms with E-state index in [2.05, 4.69) is 0 Å². The lowest BCUT2D eigenvalue weighted by molar-refractivity contribution is -0.118. The van der Waals surface area contributed by atoms with E-state index < -0.39 is 20.4 Å². The molecule has 0 fully saturated rings. The third kappa shape index (κ3) is 2.60. The van der Waals surface area contributed by atoms with Gasteiger partial charge in [-0.2, -0.15) is 0 Å². The van der Waals surface area contributed by atoms with Crippen LogP contribution in [0, 0.1) is 0 Å². The number of hydrogen-bond acceptors (Lipinski definition) is 4. The predicted octanol–water partition coefficient (Wildman–Crippen LogP) is 1.60. The van der Waals surface area contributed by atoms with Gasteiger partial charge in [0, 0.05) is 31.0 Å². The minimum Gasteiger partial charge on any atom is -0.315 e. The molecule has 0 spiro atoms. The van der Waals surface area contributed by atoms with Crippen LogP contribution in [0.3, 0.4) is 0 Å². The second-order valence-electron chi connectivity index (χ2n) is 5.91. The summed E-state index contributed by atoms with van der Waals surface area (Å²) in [6.07, 6.45) is 2.03. The number of carbonyl (C=O) groups is 2. The molecule has 0 aliphatic carbocycles. The number of benzene rings is 1. The van der Waals surface area contributed by atoms with Crippen LogP contribution in [0.15, 0.2) is 18.2 Å². The van der Waals surface area contributed by atoms with E-state index in [4.69, 9.17) is 0 Å². The molecule has 2 rings (SSSR count). The molecular weight excluding hydrogens is 290 g/mol. The van der Waals surface area contributed by atoms with E-state index in [9.17, 15) is 18.0 Å². The summed E-state index contributed by atoms with van der Waals surface area (Å²) in [5.74, 6) is -0.384. The van der Waals surface area contributed by atoms with Gasteiger partial charge in [0.15, 0.2) is 15.6 Å². The van der Waals surface area contributed by atoms with Crippen molar-refractivity contribution in [3.8, 4) is 0 Å². The Labute approximate surface area is 124 Å². The minimum atomic E-state index is -3.50. The summed E-state index contributed by atoms with van der Waals surface area (Å²) in [5.41, 5.74) is 2.04. The van der Waals surface area contributed by atoms with Crippen molar-refractivity contribution in [3.05, 3.63) is 29.3 Å². The first-order valence-electron chi connectivity index (χ1n) is 6.69. The van der Waals surface area contributed by atoms with Gasteiger partial charge in [-0.3, -0.25) is 9.59 Å².